The van der Waals surface area contributed by atoms with E-state index in [-0.39, 0.29) is 17.3 Å². The summed E-state index contributed by atoms with van der Waals surface area (Å²) in [7, 11) is -3.24. The van der Waals surface area contributed by atoms with Gasteiger partial charge in [0.25, 0.3) is 5.91 Å². The molecule has 30 heavy (non-hydrogen) atoms. The second kappa shape index (κ2) is 9.70. The zero-order valence-corrected chi connectivity index (χ0v) is 18.6. The predicted octanol–water partition coefficient (Wildman–Crippen LogP) is 3.77. The molecule has 1 amide bonds. The molecule has 0 atom stereocenters. The molecule has 2 aromatic carbocycles. The van der Waals surface area contributed by atoms with E-state index in [1.165, 1.54) is 12.1 Å². The van der Waals surface area contributed by atoms with Crippen molar-refractivity contribution in [2.45, 2.75) is 17.9 Å². The molecule has 0 unspecified atom stereocenters. The van der Waals surface area contributed by atoms with Crippen molar-refractivity contribution in [2.75, 3.05) is 6.26 Å². The minimum Gasteiger partial charge on any atom is -0.348 e. The van der Waals surface area contributed by atoms with Gasteiger partial charge in [-0.1, -0.05) is 46.1 Å². The van der Waals surface area contributed by atoms with Crippen LogP contribution >= 0.6 is 15.9 Å². The van der Waals surface area contributed by atoms with Gasteiger partial charge < -0.3 is 5.32 Å². The highest BCUT2D eigenvalue weighted by atomic mass is 79.9. The lowest BCUT2D eigenvalue weighted by Crippen LogP contribution is -2.23. The Morgan fingerprint density at radius 3 is 2.53 bits per heavy atom. The molecular weight excluding hydrogens is 464 g/mol. The second-order valence-corrected chi connectivity index (χ2v) is 9.57. The lowest BCUT2D eigenvalue weighted by atomic mass is 10.1. The van der Waals surface area contributed by atoms with Crippen molar-refractivity contribution < 1.29 is 13.2 Å². The molecule has 0 aliphatic rings. The smallest absolute Gasteiger partial charge is 0.251 e. The SMILES string of the molecule is CS(=O)(=O)c1ccc(CNC(=O)c2ccnc(C#CCc3cccc(Br)c3)c2)cc1. The molecule has 1 N–H and O–H groups in total. The minimum atomic E-state index is -3.24. The first-order chi connectivity index (χ1) is 14.3. The number of nitrogens with zero attached hydrogens (tertiary/aromatic N) is 1. The summed E-state index contributed by atoms with van der Waals surface area (Å²) in [4.78, 5) is 16.9. The second-order valence-electron chi connectivity index (χ2n) is 6.64. The maximum Gasteiger partial charge on any atom is 0.251 e. The van der Waals surface area contributed by atoms with Crippen molar-refractivity contribution in [1.29, 1.82) is 0 Å². The van der Waals surface area contributed by atoms with Crippen LogP contribution in [0.5, 0.6) is 0 Å². The van der Waals surface area contributed by atoms with Gasteiger partial charge in [0.1, 0.15) is 5.69 Å². The van der Waals surface area contributed by atoms with Crippen molar-refractivity contribution in [3.8, 4) is 11.8 Å². The Labute approximate surface area is 184 Å². The number of carbonyl (C=O) groups excluding carboxylic acids is 1. The Kier molecular flexibility index (Phi) is 7.03. The zero-order chi connectivity index (χ0) is 21.6. The Bertz CT molecular complexity index is 1230. The molecule has 1 heterocycles. The van der Waals surface area contributed by atoms with Crippen LogP contribution in [0.25, 0.3) is 0 Å². The Morgan fingerprint density at radius 2 is 1.83 bits per heavy atom. The molecule has 3 rings (SSSR count). The summed E-state index contributed by atoms with van der Waals surface area (Å²) in [5.74, 6) is 5.81. The fourth-order valence-corrected chi connectivity index (χ4v) is 3.74. The van der Waals surface area contributed by atoms with Gasteiger partial charge in [-0.3, -0.25) is 4.79 Å². The largest absolute Gasteiger partial charge is 0.348 e. The fraction of sp³-hybridized carbons (Fsp3) is 0.130. The van der Waals surface area contributed by atoms with E-state index in [0.29, 0.717) is 17.7 Å². The van der Waals surface area contributed by atoms with Crippen LogP contribution in [0, 0.1) is 11.8 Å². The number of aromatic nitrogens is 1. The average molecular weight is 483 g/mol. The van der Waals surface area contributed by atoms with E-state index in [1.807, 2.05) is 24.3 Å². The van der Waals surface area contributed by atoms with E-state index in [1.54, 1.807) is 30.5 Å². The lowest BCUT2D eigenvalue weighted by Gasteiger charge is -2.06. The number of benzene rings is 2. The normalized spacial score (nSPS) is 10.7. The molecule has 0 fully saturated rings. The summed E-state index contributed by atoms with van der Waals surface area (Å²) in [6, 6.07) is 17.6. The molecule has 0 saturated carbocycles. The quantitative estimate of drug-likeness (QED) is 0.561. The number of rotatable bonds is 5. The first kappa shape index (κ1) is 21.8. The molecule has 0 aliphatic heterocycles. The molecule has 7 heteroatoms. The van der Waals surface area contributed by atoms with Crippen LogP contribution in [0.15, 0.2) is 76.2 Å². The monoisotopic (exact) mass is 482 g/mol. The Hall–Kier alpha value is -2.95. The van der Waals surface area contributed by atoms with Crippen LogP contribution in [0.1, 0.15) is 27.2 Å². The molecule has 3 aromatic rings. The first-order valence-electron chi connectivity index (χ1n) is 9.08. The first-order valence-corrected chi connectivity index (χ1v) is 11.8. The number of sulfone groups is 1. The summed E-state index contributed by atoms with van der Waals surface area (Å²) in [5, 5.41) is 2.82. The van der Waals surface area contributed by atoms with Crippen molar-refractivity contribution in [2.24, 2.45) is 0 Å². The van der Waals surface area contributed by atoms with E-state index in [9.17, 15) is 13.2 Å². The topological polar surface area (TPSA) is 76.1 Å². The van der Waals surface area contributed by atoms with E-state index in [2.05, 4.69) is 38.1 Å². The number of hydrogen-bond donors (Lipinski definition) is 1. The van der Waals surface area contributed by atoms with Crippen LogP contribution in [0.3, 0.4) is 0 Å². The third-order valence-electron chi connectivity index (χ3n) is 4.22. The molecule has 0 spiro atoms. The average Bonchev–Trinajstić information content (AvgIpc) is 2.72. The third kappa shape index (κ3) is 6.28. The Morgan fingerprint density at radius 1 is 1.07 bits per heavy atom. The molecule has 152 valence electrons. The highest BCUT2D eigenvalue weighted by Gasteiger charge is 2.08. The number of hydrogen-bond acceptors (Lipinski definition) is 4. The molecule has 5 nitrogen and oxygen atoms in total. The third-order valence-corrected chi connectivity index (χ3v) is 5.85. The highest BCUT2D eigenvalue weighted by molar-refractivity contribution is 9.10. The van der Waals surface area contributed by atoms with Gasteiger partial charge >= 0.3 is 0 Å². The van der Waals surface area contributed by atoms with Crippen molar-refractivity contribution in [1.82, 2.24) is 10.3 Å². The predicted molar refractivity (Wildman–Crippen MR) is 120 cm³/mol. The fourth-order valence-electron chi connectivity index (χ4n) is 2.66. The van der Waals surface area contributed by atoms with Crippen LogP contribution in [0.4, 0.5) is 0 Å². The summed E-state index contributed by atoms with van der Waals surface area (Å²) < 4.78 is 24.0. The molecule has 0 bridgehead atoms. The van der Waals surface area contributed by atoms with Crippen LogP contribution in [-0.4, -0.2) is 25.6 Å². The van der Waals surface area contributed by atoms with Gasteiger partial charge in [-0.15, -0.1) is 0 Å². The van der Waals surface area contributed by atoms with Gasteiger partial charge in [-0.05, 0) is 53.4 Å². The van der Waals surface area contributed by atoms with E-state index >= 15 is 0 Å². The minimum absolute atomic E-state index is 0.248. The summed E-state index contributed by atoms with van der Waals surface area (Å²) >= 11 is 3.44. The van der Waals surface area contributed by atoms with Crippen molar-refractivity contribution in [3.05, 3.63) is 93.7 Å². The molecular formula is C23H19BrN2O3S. The standard InChI is InChI=1S/C23H19BrN2O3S/c1-30(28,29)22-10-8-18(9-11-22)16-26-23(27)19-12-13-25-21(15-19)7-3-5-17-4-2-6-20(24)14-17/h2,4,6,8-15H,5,16H2,1H3,(H,26,27). The zero-order valence-electron chi connectivity index (χ0n) is 16.2. The van der Waals surface area contributed by atoms with Crippen molar-refractivity contribution in [3.63, 3.8) is 0 Å². The number of carbonyl (C=O) groups is 1. The molecule has 0 saturated heterocycles. The van der Waals surface area contributed by atoms with E-state index < -0.39 is 9.84 Å². The van der Waals surface area contributed by atoms with E-state index in [0.717, 1.165) is 21.9 Å². The molecule has 0 radical (unpaired) electrons. The van der Waals surface area contributed by atoms with Crippen LogP contribution < -0.4 is 5.32 Å². The maximum absolute atomic E-state index is 12.4. The summed E-state index contributed by atoms with van der Waals surface area (Å²) in [5.41, 5.74) is 2.88. The van der Waals surface area contributed by atoms with Gasteiger partial charge in [-0.25, -0.2) is 13.4 Å². The number of halogens is 1. The Balaban J connectivity index is 1.61. The summed E-state index contributed by atoms with van der Waals surface area (Å²) in [6.45, 7) is 0.287. The number of amides is 1. The van der Waals surface area contributed by atoms with Gasteiger partial charge in [-0.2, -0.15) is 0 Å². The highest BCUT2D eigenvalue weighted by Crippen LogP contribution is 2.12. The number of pyridine rings is 1. The van der Waals surface area contributed by atoms with E-state index in [4.69, 9.17) is 0 Å². The van der Waals surface area contributed by atoms with Gasteiger partial charge in [0, 0.05) is 35.5 Å². The number of nitrogens with one attached hydrogen (secondary N) is 1. The van der Waals surface area contributed by atoms with Crippen LogP contribution in [0.2, 0.25) is 0 Å². The lowest BCUT2D eigenvalue weighted by molar-refractivity contribution is 0.0950. The van der Waals surface area contributed by atoms with Gasteiger partial charge in [0.05, 0.1) is 4.90 Å². The molecule has 1 aromatic heterocycles. The molecule has 0 aliphatic carbocycles. The summed E-state index contributed by atoms with van der Waals surface area (Å²) in [6.07, 6.45) is 3.30. The maximum atomic E-state index is 12.4. The van der Waals surface area contributed by atoms with Gasteiger partial charge in [0.2, 0.25) is 0 Å². The van der Waals surface area contributed by atoms with Gasteiger partial charge in [0.15, 0.2) is 9.84 Å². The van der Waals surface area contributed by atoms with Crippen molar-refractivity contribution >= 4 is 31.7 Å². The van der Waals surface area contributed by atoms with Crippen LogP contribution in [-0.2, 0) is 22.8 Å².